The molecule has 0 saturated carbocycles. The van der Waals surface area contributed by atoms with Gasteiger partial charge in [-0.3, -0.25) is 9.36 Å². The van der Waals surface area contributed by atoms with Crippen LogP contribution in [0.3, 0.4) is 0 Å². The standard InChI is InChI=1S/C22H19ClN4OS/c1-22(23)10-7-15(8-11-22)27-13-25-18-17-16(26-14-5-3-2-4-6-14)9-12-24-20(17)29-19(18)21(27)28/h3,5-10,12-13H,2,4,11H2,1H3,(H,24,26). The van der Waals surface area contributed by atoms with Gasteiger partial charge in [-0.05, 0) is 44.4 Å². The molecule has 0 aromatic carbocycles. The lowest BCUT2D eigenvalue weighted by Crippen LogP contribution is -2.21. The molecule has 0 spiro atoms. The second kappa shape index (κ2) is 6.97. The smallest absolute Gasteiger partial charge is 0.275 e. The molecule has 146 valence electrons. The monoisotopic (exact) mass is 422 g/mol. The molecule has 1 atom stereocenters. The first-order valence-corrected chi connectivity index (χ1v) is 10.7. The summed E-state index contributed by atoms with van der Waals surface area (Å²) in [5.74, 6) is 0. The van der Waals surface area contributed by atoms with Gasteiger partial charge in [0.25, 0.3) is 5.56 Å². The molecular weight excluding hydrogens is 404 g/mol. The number of hydrogen-bond acceptors (Lipinski definition) is 5. The van der Waals surface area contributed by atoms with Crippen LogP contribution < -0.4 is 10.9 Å². The fraction of sp³-hybridized carbons (Fsp3) is 0.227. The lowest BCUT2D eigenvalue weighted by atomic mass is 10.0. The van der Waals surface area contributed by atoms with E-state index in [4.69, 9.17) is 11.6 Å². The van der Waals surface area contributed by atoms with Crippen LogP contribution in [0.25, 0.3) is 26.1 Å². The summed E-state index contributed by atoms with van der Waals surface area (Å²) in [6.07, 6.45) is 18.3. The van der Waals surface area contributed by atoms with Crippen LogP contribution in [0.5, 0.6) is 0 Å². The van der Waals surface area contributed by atoms with Gasteiger partial charge in [0.2, 0.25) is 0 Å². The van der Waals surface area contributed by atoms with E-state index >= 15 is 0 Å². The van der Waals surface area contributed by atoms with Crippen LogP contribution >= 0.6 is 22.9 Å². The number of fused-ring (bicyclic) bond motifs is 3. The van der Waals surface area contributed by atoms with Crippen molar-refractivity contribution in [2.45, 2.75) is 31.1 Å². The average molecular weight is 423 g/mol. The molecule has 1 unspecified atom stereocenters. The molecular formula is C22H19ClN4OS. The minimum Gasteiger partial charge on any atom is -0.355 e. The molecule has 2 aliphatic rings. The number of rotatable bonds is 3. The highest BCUT2D eigenvalue weighted by molar-refractivity contribution is 7.25. The maximum Gasteiger partial charge on any atom is 0.275 e. The Kier molecular flexibility index (Phi) is 4.41. The van der Waals surface area contributed by atoms with Crippen molar-refractivity contribution < 1.29 is 0 Å². The number of anilines is 1. The lowest BCUT2D eigenvalue weighted by Gasteiger charge is -2.20. The summed E-state index contributed by atoms with van der Waals surface area (Å²) in [6.45, 7) is 1.95. The SMILES string of the molecule is CC1(Cl)C=CC(n2cnc3c(sc4nccc(NC5=CCCC=C5)c43)c2=O)=CC1. The summed E-state index contributed by atoms with van der Waals surface area (Å²) >= 11 is 7.73. The van der Waals surface area contributed by atoms with Gasteiger partial charge < -0.3 is 5.32 Å². The first kappa shape index (κ1) is 18.3. The molecule has 2 aliphatic carbocycles. The number of hydrogen-bond donors (Lipinski definition) is 1. The Labute approximate surface area is 176 Å². The fourth-order valence-electron chi connectivity index (χ4n) is 3.58. The van der Waals surface area contributed by atoms with Gasteiger partial charge in [0, 0.05) is 17.6 Å². The predicted octanol–water partition coefficient (Wildman–Crippen LogP) is 5.45. The van der Waals surface area contributed by atoms with Crippen LogP contribution in [0, 0.1) is 0 Å². The molecule has 7 heteroatoms. The van der Waals surface area contributed by atoms with Crippen molar-refractivity contribution in [3.8, 4) is 0 Å². The molecule has 0 saturated heterocycles. The van der Waals surface area contributed by atoms with Gasteiger partial charge in [0.1, 0.15) is 21.4 Å². The zero-order chi connectivity index (χ0) is 20.0. The second-order valence-corrected chi connectivity index (χ2v) is 9.31. The average Bonchev–Trinajstić information content (AvgIpc) is 3.10. The van der Waals surface area contributed by atoms with Crippen LogP contribution in [-0.2, 0) is 0 Å². The van der Waals surface area contributed by atoms with E-state index in [1.165, 1.54) is 11.3 Å². The molecule has 0 aliphatic heterocycles. The molecule has 1 N–H and O–H groups in total. The van der Waals surface area contributed by atoms with E-state index in [1.807, 2.05) is 31.2 Å². The van der Waals surface area contributed by atoms with E-state index < -0.39 is 4.87 Å². The highest BCUT2D eigenvalue weighted by atomic mass is 35.5. The van der Waals surface area contributed by atoms with Gasteiger partial charge in [-0.2, -0.15) is 0 Å². The van der Waals surface area contributed by atoms with Crippen LogP contribution in [0.4, 0.5) is 5.69 Å². The number of allylic oxidation sites excluding steroid dienone is 7. The molecule has 3 aromatic rings. The lowest BCUT2D eigenvalue weighted by molar-refractivity contribution is 0.777. The number of pyridine rings is 1. The summed E-state index contributed by atoms with van der Waals surface area (Å²) in [4.78, 5) is 22.7. The molecule has 0 bridgehead atoms. The van der Waals surface area contributed by atoms with Crippen molar-refractivity contribution >= 4 is 54.8 Å². The summed E-state index contributed by atoms with van der Waals surface area (Å²) in [7, 11) is 0. The molecule has 0 amide bonds. The number of halogens is 1. The second-order valence-electron chi connectivity index (χ2n) is 7.45. The number of aromatic nitrogens is 3. The predicted molar refractivity (Wildman–Crippen MR) is 122 cm³/mol. The van der Waals surface area contributed by atoms with Gasteiger partial charge in [-0.25, -0.2) is 9.97 Å². The van der Waals surface area contributed by atoms with Crippen molar-refractivity contribution in [1.29, 1.82) is 0 Å². The Morgan fingerprint density at radius 3 is 2.90 bits per heavy atom. The van der Waals surface area contributed by atoms with Gasteiger partial charge in [-0.15, -0.1) is 22.9 Å². The Balaban J connectivity index is 1.63. The Morgan fingerprint density at radius 2 is 2.14 bits per heavy atom. The summed E-state index contributed by atoms with van der Waals surface area (Å²) < 4.78 is 2.19. The molecule has 0 fully saturated rings. The van der Waals surface area contributed by atoms with E-state index in [0.29, 0.717) is 16.6 Å². The summed E-state index contributed by atoms with van der Waals surface area (Å²) in [5, 5.41) is 4.35. The summed E-state index contributed by atoms with van der Waals surface area (Å²) in [5.41, 5.74) is 3.36. The largest absolute Gasteiger partial charge is 0.355 e. The van der Waals surface area contributed by atoms with Crippen LogP contribution in [0.2, 0.25) is 0 Å². The quantitative estimate of drug-likeness (QED) is 0.570. The van der Waals surface area contributed by atoms with Crippen LogP contribution in [-0.4, -0.2) is 19.4 Å². The molecule has 5 nitrogen and oxygen atoms in total. The fourth-order valence-corrected chi connectivity index (χ4v) is 4.77. The van der Waals surface area contributed by atoms with Gasteiger partial charge in [-0.1, -0.05) is 24.3 Å². The zero-order valence-corrected chi connectivity index (χ0v) is 17.4. The highest BCUT2D eigenvalue weighted by Gasteiger charge is 2.21. The minimum atomic E-state index is -0.408. The van der Waals surface area contributed by atoms with E-state index in [9.17, 15) is 4.79 Å². The third-order valence-corrected chi connectivity index (χ3v) is 6.50. The van der Waals surface area contributed by atoms with Crippen molar-refractivity contribution in [3.05, 3.63) is 71.1 Å². The van der Waals surface area contributed by atoms with Crippen molar-refractivity contribution in [1.82, 2.24) is 14.5 Å². The number of nitrogens with one attached hydrogen (secondary N) is 1. The first-order valence-electron chi connectivity index (χ1n) is 9.53. The Hall–Kier alpha value is -2.70. The topological polar surface area (TPSA) is 59.8 Å². The van der Waals surface area contributed by atoms with Crippen LogP contribution in [0.1, 0.15) is 26.2 Å². The van der Waals surface area contributed by atoms with E-state index in [-0.39, 0.29) is 5.56 Å². The maximum absolute atomic E-state index is 13.2. The van der Waals surface area contributed by atoms with Crippen molar-refractivity contribution in [2.24, 2.45) is 0 Å². The molecule has 0 radical (unpaired) electrons. The third-order valence-electron chi connectivity index (χ3n) is 5.15. The zero-order valence-electron chi connectivity index (χ0n) is 15.9. The maximum atomic E-state index is 13.2. The molecule has 3 heterocycles. The number of nitrogens with zero attached hydrogens (tertiary/aromatic N) is 3. The van der Waals surface area contributed by atoms with Crippen LogP contribution in [0.15, 0.2) is 65.5 Å². The molecule has 29 heavy (non-hydrogen) atoms. The van der Waals surface area contributed by atoms with E-state index in [1.54, 1.807) is 17.1 Å². The van der Waals surface area contributed by atoms with Gasteiger partial charge in [0.15, 0.2) is 0 Å². The third kappa shape index (κ3) is 3.32. The Morgan fingerprint density at radius 1 is 1.24 bits per heavy atom. The van der Waals surface area contributed by atoms with Crippen molar-refractivity contribution in [3.63, 3.8) is 0 Å². The van der Waals surface area contributed by atoms with Crippen molar-refractivity contribution in [2.75, 3.05) is 5.32 Å². The molecule has 3 aromatic heterocycles. The number of alkyl halides is 1. The Bertz CT molecular complexity index is 1310. The van der Waals surface area contributed by atoms with Gasteiger partial charge in [0.05, 0.1) is 15.9 Å². The highest BCUT2D eigenvalue weighted by Crippen LogP contribution is 2.35. The molecule has 5 rings (SSSR count). The summed E-state index contributed by atoms with van der Waals surface area (Å²) in [6, 6.07) is 1.93. The number of thiophene rings is 1. The van der Waals surface area contributed by atoms with E-state index in [2.05, 4.69) is 33.5 Å². The van der Waals surface area contributed by atoms with E-state index in [0.717, 1.165) is 40.1 Å². The van der Waals surface area contributed by atoms with Gasteiger partial charge >= 0.3 is 0 Å². The normalized spacial score (nSPS) is 21.4. The first-order chi connectivity index (χ1) is 14.0. The minimum absolute atomic E-state index is 0.0881.